The number of ether oxygens (including phenoxy) is 1. The van der Waals surface area contributed by atoms with Crippen molar-refractivity contribution in [1.29, 1.82) is 5.26 Å². The van der Waals surface area contributed by atoms with Crippen molar-refractivity contribution in [2.75, 3.05) is 12.0 Å². The van der Waals surface area contributed by atoms with E-state index in [2.05, 4.69) is 21.9 Å². The molecule has 0 radical (unpaired) electrons. The quantitative estimate of drug-likeness (QED) is 0.678. The van der Waals surface area contributed by atoms with E-state index in [1.165, 1.54) is 0 Å². The van der Waals surface area contributed by atoms with Crippen molar-refractivity contribution in [3.8, 4) is 11.8 Å². The summed E-state index contributed by atoms with van der Waals surface area (Å²) in [6.45, 7) is -0.114. The molecule has 1 heterocycles. The lowest BCUT2D eigenvalue weighted by Crippen LogP contribution is -2.33. The molecule has 0 bridgehead atoms. The van der Waals surface area contributed by atoms with Crippen molar-refractivity contribution in [2.24, 2.45) is 0 Å². The molecule has 2 aromatic carbocycles. The number of rotatable bonds is 6. The van der Waals surface area contributed by atoms with Crippen LogP contribution in [-0.2, 0) is 11.2 Å². The summed E-state index contributed by atoms with van der Waals surface area (Å²) in [4.78, 5) is 16.0. The second-order valence-corrected chi connectivity index (χ2v) is 5.34. The van der Waals surface area contributed by atoms with E-state index >= 15 is 0 Å². The molecule has 25 heavy (non-hydrogen) atoms. The molecule has 3 aromatic rings. The predicted molar refractivity (Wildman–Crippen MR) is 94.8 cm³/mol. The third-order valence-electron chi connectivity index (χ3n) is 3.59. The number of aromatic nitrogens is 1. The van der Waals surface area contributed by atoms with Gasteiger partial charge in [0.25, 0.3) is 5.91 Å². The minimum absolute atomic E-state index is 0.114. The Morgan fingerprint density at radius 2 is 2.00 bits per heavy atom. The maximum absolute atomic E-state index is 11.9. The normalized spacial score (nSPS) is 10.0. The monoisotopic (exact) mass is 332 g/mol. The van der Waals surface area contributed by atoms with E-state index in [0.717, 1.165) is 22.0 Å². The molecule has 124 valence electrons. The van der Waals surface area contributed by atoms with Gasteiger partial charge in [0.2, 0.25) is 0 Å². The lowest BCUT2D eigenvalue weighted by atomic mass is 10.1. The van der Waals surface area contributed by atoms with Crippen LogP contribution < -0.4 is 15.6 Å². The molecule has 1 amide bonds. The van der Waals surface area contributed by atoms with Gasteiger partial charge in [-0.3, -0.25) is 20.6 Å². The van der Waals surface area contributed by atoms with E-state index in [0.29, 0.717) is 12.2 Å². The van der Waals surface area contributed by atoms with Crippen LogP contribution in [0.15, 0.2) is 60.9 Å². The summed E-state index contributed by atoms with van der Waals surface area (Å²) >= 11 is 0. The van der Waals surface area contributed by atoms with E-state index < -0.39 is 0 Å². The standard InChI is InChI=1S/C19H16N4O2/c20-10-8-14-4-6-16(7-5-14)25-13-19(24)23-22-18-3-1-2-15-12-21-11-9-17(15)18/h1-7,9,11-12,22H,8,13H2,(H,23,24). The number of nitrogens with one attached hydrogen (secondary N) is 2. The fourth-order valence-corrected chi connectivity index (χ4v) is 2.35. The van der Waals surface area contributed by atoms with Crippen molar-refractivity contribution in [1.82, 2.24) is 10.4 Å². The average molecular weight is 332 g/mol. The number of amides is 1. The van der Waals surface area contributed by atoms with E-state index in [-0.39, 0.29) is 12.5 Å². The number of hydrogen-bond donors (Lipinski definition) is 2. The summed E-state index contributed by atoms with van der Waals surface area (Å²) in [5, 5.41) is 10.6. The Labute approximate surface area is 145 Å². The van der Waals surface area contributed by atoms with Gasteiger partial charge in [-0.05, 0) is 29.8 Å². The van der Waals surface area contributed by atoms with Gasteiger partial charge in [-0.15, -0.1) is 0 Å². The summed E-state index contributed by atoms with van der Waals surface area (Å²) in [5.74, 6) is 0.278. The van der Waals surface area contributed by atoms with Gasteiger partial charge >= 0.3 is 0 Å². The molecule has 0 spiro atoms. The van der Waals surface area contributed by atoms with Gasteiger partial charge in [-0.2, -0.15) is 5.26 Å². The van der Waals surface area contributed by atoms with Crippen LogP contribution in [0, 0.1) is 11.3 Å². The molecule has 0 aliphatic rings. The molecule has 0 saturated heterocycles. The number of nitrogens with zero attached hydrogens (tertiary/aromatic N) is 2. The molecule has 0 aliphatic carbocycles. The molecule has 1 aromatic heterocycles. The van der Waals surface area contributed by atoms with Crippen molar-refractivity contribution in [3.05, 3.63) is 66.5 Å². The zero-order valence-electron chi connectivity index (χ0n) is 13.4. The fourth-order valence-electron chi connectivity index (χ4n) is 2.35. The zero-order chi connectivity index (χ0) is 17.5. The first-order valence-corrected chi connectivity index (χ1v) is 7.72. The summed E-state index contributed by atoms with van der Waals surface area (Å²) in [5.41, 5.74) is 7.22. The highest BCUT2D eigenvalue weighted by Gasteiger charge is 2.05. The average Bonchev–Trinajstić information content (AvgIpc) is 2.66. The maximum Gasteiger partial charge on any atom is 0.276 e. The Balaban J connectivity index is 1.53. The third kappa shape index (κ3) is 4.24. The molecule has 0 saturated carbocycles. The summed E-state index contributed by atoms with van der Waals surface area (Å²) in [7, 11) is 0. The van der Waals surface area contributed by atoms with Crippen LogP contribution in [0.1, 0.15) is 5.56 Å². The maximum atomic E-state index is 11.9. The number of fused-ring (bicyclic) bond motifs is 1. The summed E-state index contributed by atoms with van der Waals surface area (Å²) < 4.78 is 5.43. The van der Waals surface area contributed by atoms with Crippen molar-refractivity contribution in [3.63, 3.8) is 0 Å². The second kappa shape index (κ2) is 7.79. The predicted octanol–water partition coefficient (Wildman–Crippen LogP) is 2.82. The third-order valence-corrected chi connectivity index (χ3v) is 3.59. The molecular formula is C19H16N4O2. The van der Waals surface area contributed by atoms with Gasteiger partial charge in [-0.25, -0.2) is 0 Å². The smallest absolute Gasteiger partial charge is 0.276 e. The molecule has 0 unspecified atom stereocenters. The number of hydrazine groups is 1. The zero-order valence-corrected chi connectivity index (χ0v) is 13.4. The lowest BCUT2D eigenvalue weighted by Gasteiger charge is -2.11. The number of carbonyl (C=O) groups excluding carboxylic acids is 1. The highest BCUT2D eigenvalue weighted by Crippen LogP contribution is 2.21. The summed E-state index contributed by atoms with van der Waals surface area (Å²) in [6.07, 6.45) is 3.82. The first-order chi connectivity index (χ1) is 12.3. The largest absolute Gasteiger partial charge is 0.484 e. The van der Waals surface area contributed by atoms with Gasteiger partial charge in [0.1, 0.15) is 5.75 Å². The number of nitriles is 1. The van der Waals surface area contributed by atoms with Crippen LogP contribution in [0.2, 0.25) is 0 Å². The Bertz CT molecular complexity index is 911. The molecule has 3 rings (SSSR count). The number of hydrogen-bond acceptors (Lipinski definition) is 5. The van der Waals surface area contributed by atoms with E-state index in [9.17, 15) is 4.79 Å². The Hall–Kier alpha value is -3.59. The Kier molecular flexibility index (Phi) is 5.07. The van der Waals surface area contributed by atoms with Crippen LogP contribution in [0.25, 0.3) is 10.8 Å². The van der Waals surface area contributed by atoms with Crippen LogP contribution in [0.5, 0.6) is 5.75 Å². The van der Waals surface area contributed by atoms with Crippen LogP contribution >= 0.6 is 0 Å². The van der Waals surface area contributed by atoms with Crippen molar-refractivity contribution < 1.29 is 9.53 Å². The topological polar surface area (TPSA) is 87.0 Å². The minimum Gasteiger partial charge on any atom is -0.484 e. The van der Waals surface area contributed by atoms with E-state index in [1.807, 2.05) is 24.3 Å². The second-order valence-electron chi connectivity index (χ2n) is 5.34. The Morgan fingerprint density at radius 1 is 1.16 bits per heavy atom. The molecule has 0 aliphatic heterocycles. The summed E-state index contributed by atoms with van der Waals surface area (Å²) in [6, 6.07) is 16.8. The lowest BCUT2D eigenvalue weighted by molar-refractivity contribution is -0.122. The van der Waals surface area contributed by atoms with Crippen molar-refractivity contribution >= 4 is 22.4 Å². The van der Waals surface area contributed by atoms with E-state index in [1.54, 1.807) is 36.7 Å². The van der Waals surface area contributed by atoms with Crippen molar-refractivity contribution in [2.45, 2.75) is 6.42 Å². The SMILES string of the molecule is N#CCc1ccc(OCC(=O)NNc2cccc3cnccc23)cc1. The van der Waals surface area contributed by atoms with Gasteiger partial charge in [-0.1, -0.05) is 24.3 Å². The van der Waals surface area contributed by atoms with Crippen LogP contribution in [0.3, 0.4) is 0 Å². The van der Waals surface area contributed by atoms with E-state index in [4.69, 9.17) is 10.00 Å². The molecule has 2 N–H and O–H groups in total. The first-order valence-electron chi connectivity index (χ1n) is 7.72. The van der Waals surface area contributed by atoms with Gasteiger partial charge in [0.15, 0.2) is 6.61 Å². The van der Waals surface area contributed by atoms with Crippen LogP contribution in [-0.4, -0.2) is 17.5 Å². The fraction of sp³-hybridized carbons (Fsp3) is 0.105. The molecule has 0 atom stereocenters. The van der Waals surface area contributed by atoms with Gasteiger partial charge in [0, 0.05) is 23.2 Å². The van der Waals surface area contributed by atoms with Gasteiger partial charge in [0.05, 0.1) is 18.2 Å². The number of carbonyl (C=O) groups is 1. The molecule has 6 nitrogen and oxygen atoms in total. The van der Waals surface area contributed by atoms with Gasteiger partial charge < -0.3 is 4.74 Å². The first kappa shape index (κ1) is 16.3. The number of pyridine rings is 1. The number of anilines is 1. The molecule has 0 fully saturated rings. The highest BCUT2D eigenvalue weighted by atomic mass is 16.5. The Morgan fingerprint density at radius 3 is 2.80 bits per heavy atom. The number of benzene rings is 2. The van der Waals surface area contributed by atoms with Crippen LogP contribution in [0.4, 0.5) is 5.69 Å². The molecular weight excluding hydrogens is 316 g/mol. The molecule has 6 heteroatoms. The minimum atomic E-state index is -0.299. The highest BCUT2D eigenvalue weighted by molar-refractivity contribution is 5.93.